The van der Waals surface area contributed by atoms with Crippen molar-refractivity contribution in [2.75, 3.05) is 6.61 Å². The average Bonchev–Trinajstić information content (AvgIpc) is 2.18. The minimum Gasteiger partial charge on any atom is -0.494 e. The summed E-state index contributed by atoms with van der Waals surface area (Å²) in [7, 11) is 0. The zero-order chi connectivity index (χ0) is 11.5. The number of hydrogen-bond acceptors (Lipinski definition) is 4. The molecular formula is C10H12O5. The maximum atomic E-state index is 10.5. The van der Waals surface area contributed by atoms with Crippen LogP contribution in [0.15, 0.2) is 24.3 Å². The molecule has 0 aliphatic rings. The summed E-state index contributed by atoms with van der Waals surface area (Å²) in [6, 6.07) is 5.67. The molecule has 1 aromatic rings. The van der Waals surface area contributed by atoms with Gasteiger partial charge in [-0.05, 0) is 19.1 Å². The summed E-state index contributed by atoms with van der Waals surface area (Å²) in [5, 5.41) is 27.1. The zero-order valence-corrected chi connectivity index (χ0v) is 8.17. The van der Waals surface area contributed by atoms with Crippen molar-refractivity contribution in [2.45, 2.75) is 12.7 Å². The van der Waals surface area contributed by atoms with Crippen molar-refractivity contribution in [3.63, 3.8) is 0 Å². The van der Waals surface area contributed by atoms with Crippen LogP contribution in [0.3, 0.4) is 0 Å². The summed E-state index contributed by atoms with van der Waals surface area (Å²) >= 11 is 0. The highest BCUT2D eigenvalue weighted by Crippen LogP contribution is 2.22. The van der Waals surface area contributed by atoms with Crippen LogP contribution in [0, 0.1) is 0 Å². The molecule has 0 heterocycles. The molecule has 5 heteroatoms. The Balaban J connectivity index is 3.04. The summed E-state index contributed by atoms with van der Waals surface area (Å²) in [5.41, 5.74) is -0.138. The number of aliphatic hydroxyl groups is 2. The predicted molar refractivity (Wildman–Crippen MR) is 51.4 cm³/mol. The predicted octanol–water partition coefficient (Wildman–Crippen LogP) is 0.307. The van der Waals surface area contributed by atoms with Crippen LogP contribution in [-0.4, -0.2) is 27.9 Å². The Kier molecular flexibility index (Phi) is 3.28. The normalized spacial score (nSPS) is 11.1. The van der Waals surface area contributed by atoms with E-state index in [1.807, 2.05) is 0 Å². The van der Waals surface area contributed by atoms with E-state index < -0.39 is 11.8 Å². The Morgan fingerprint density at radius 1 is 1.47 bits per heavy atom. The molecule has 15 heavy (non-hydrogen) atoms. The van der Waals surface area contributed by atoms with Gasteiger partial charge in [0.25, 0.3) is 5.79 Å². The first-order chi connectivity index (χ1) is 6.98. The van der Waals surface area contributed by atoms with Crippen LogP contribution in [-0.2, 0) is 10.6 Å². The monoisotopic (exact) mass is 212 g/mol. The van der Waals surface area contributed by atoms with Crippen molar-refractivity contribution < 1.29 is 24.9 Å². The number of rotatable bonds is 4. The minimum atomic E-state index is -2.88. The van der Waals surface area contributed by atoms with Crippen molar-refractivity contribution in [2.24, 2.45) is 0 Å². The molecule has 0 fully saturated rings. The molecule has 0 unspecified atom stereocenters. The SMILES string of the molecule is CCOc1cccc(C(O)(O)C(=O)O)c1. The Morgan fingerprint density at radius 2 is 2.13 bits per heavy atom. The van der Waals surface area contributed by atoms with Gasteiger partial charge in [0, 0.05) is 5.56 Å². The van der Waals surface area contributed by atoms with E-state index in [9.17, 15) is 15.0 Å². The molecule has 0 bridgehead atoms. The lowest BCUT2D eigenvalue weighted by molar-refractivity contribution is -0.208. The van der Waals surface area contributed by atoms with E-state index in [1.165, 1.54) is 18.2 Å². The van der Waals surface area contributed by atoms with Crippen LogP contribution >= 0.6 is 0 Å². The van der Waals surface area contributed by atoms with Gasteiger partial charge in [-0.1, -0.05) is 12.1 Å². The Bertz CT molecular complexity index is 359. The fourth-order valence-corrected chi connectivity index (χ4v) is 1.09. The van der Waals surface area contributed by atoms with E-state index in [1.54, 1.807) is 13.0 Å². The molecule has 5 nitrogen and oxygen atoms in total. The molecule has 0 saturated heterocycles. The molecule has 0 amide bonds. The third-order valence-corrected chi connectivity index (χ3v) is 1.85. The summed E-state index contributed by atoms with van der Waals surface area (Å²) in [5.74, 6) is -4.22. The molecule has 1 rings (SSSR count). The lowest BCUT2D eigenvalue weighted by atomic mass is 10.1. The van der Waals surface area contributed by atoms with Gasteiger partial charge in [-0.2, -0.15) is 0 Å². The number of hydrogen-bond donors (Lipinski definition) is 3. The van der Waals surface area contributed by atoms with Gasteiger partial charge in [-0.3, -0.25) is 0 Å². The first kappa shape index (κ1) is 11.5. The first-order valence-electron chi connectivity index (χ1n) is 4.40. The number of benzene rings is 1. The van der Waals surface area contributed by atoms with Crippen molar-refractivity contribution in [3.8, 4) is 5.75 Å². The number of carboxylic acids is 1. The molecule has 0 aromatic heterocycles. The van der Waals surface area contributed by atoms with Gasteiger partial charge in [0.1, 0.15) is 5.75 Å². The summed E-state index contributed by atoms with van der Waals surface area (Å²) in [6.45, 7) is 2.19. The summed E-state index contributed by atoms with van der Waals surface area (Å²) < 4.78 is 5.11. The molecule has 0 radical (unpaired) electrons. The maximum absolute atomic E-state index is 10.5. The standard InChI is InChI=1S/C10H12O5/c1-2-15-8-5-3-4-7(6-8)10(13,14)9(11)12/h3-6,13-14H,2H2,1H3,(H,11,12). The number of carboxylic acid groups (broad SMARTS) is 1. The molecular weight excluding hydrogens is 200 g/mol. The Morgan fingerprint density at radius 3 is 2.67 bits per heavy atom. The second kappa shape index (κ2) is 4.29. The lowest BCUT2D eigenvalue weighted by Gasteiger charge is -2.17. The molecule has 0 spiro atoms. The number of carbonyl (C=O) groups is 1. The van der Waals surface area contributed by atoms with Gasteiger partial charge in [-0.15, -0.1) is 0 Å². The van der Waals surface area contributed by atoms with Crippen molar-refractivity contribution in [1.82, 2.24) is 0 Å². The van der Waals surface area contributed by atoms with Crippen molar-refractivity contribution in [3.05, 3.63) is 29.8 Å². The highest BCUT2D eigenvalue weighted by molar-refractivity contribution is 5.77. The van der Waals surface area contributed by atoms with Crippen molar-refractivity contribution >= 4 is 5.97 Å². The molecule has 1 aromatic carbocycles. The Labute approximate surface area is 86.5 Å². The van der Waals surface area contributed by atoms with Gasteiger partial charge in [0.15, 0.2) is 0 Å². The van der Waals surface area contributed by atoms with E-state index in [0.29, 0.717) is 12.4 Å². The average molecular weight is 212 g/mol. The molecule has 0 aliphatic heterocycles. The quantitative estimate of drug-likeness (QED) is 0.625. The second-order valence-electron chi connectivity index (χ2n) is 2.94. The molecule has 0 aliphatic carbocycles. The third-order valence-electron chi connectivity index (χ3n) is 1.85. The number of aliphatic carboxylic acids is 1. The van der Waals surface area contributed by atoms with Gasteiger partial charge < -0.3 is 20.1 Å². The van der Waals surface area contributed by atoms with Crippen LogP contribution in [0.1, 0.15) is 12.5 Å². The van der Waals surface area contributed by atoms with Crippen LogP contribution in [0.4, 0.5) is 0 Å². The zero-order valence-electron chi connectivity index (χ0n) is 8.17. The fourth-order valence-electron chi connectivity index (χ4n) is 1.09. The highest BCUT2D eigenvalue weighted by Gasteiger charge is 2.35. The van der Waals surface area contributed by atoms with Gasteiger partial charge in [-0.25, -0.2) is 4.79 Å². The summed E-state index contributed by atoms with van der Waals surface area (Å²) in [4.78, 5) is 10.5. The number of ether oxygens (including phenoxy) is 1. The molecule has 82 valence electrons. The third kappa shape index (κ3) is 2.45. The molecule has 0 atom stereocenters. The van der Waals surface area contributed by atoms with E-state index in [-0.39, 0.29) is 5.56 Å². The van der Waals surface area contributed by atoms with Gasteiger partial charge >= 0.3 is 5.97 Å². The van der Waals surface area contributed by atoms with Crippen LogP contribution in [0.2, 0.25) is 0 Å². The first-order valence-corrected chi connectivity index (χ1v) is 4.40. The smallest absolute Gasteiger partial charge is 0.369 e. The minimum absolute atomic E-state index is 0.138. The Hall–Kier alpha value is -1.59. The molecule has 0 saturated carbocycles. The second-order valence-corrected chi connectivity index (χ2v) is 2.94. The van der Waals surface area contributed by atoms with Crippen molar-refractivity contribution in [1.29, 1.82) is 0 Å². The van der Waals surface area contributed by atoms with Crippen LogP contribution < -0.4 is 4.74 Å². The van der Waals surface area contributed by atoms with Crippen LogP contribution in [0.25, 0.3) is 0 Å². The van der Waals surface area contributed by atoms with E-state index in [0.717, 1.165) is 0 Å². The topological polar surface area (TPSA) is 87.0 Å². The van der Waals surface area contributed by atoms with Crippen LogP contribution in [0.5, 0.6) is 5.75 Å². The van der Waals surface area contributed by atoms with E-state index >= 15 is 0 Å². The summed E-state index contributed by atoms with van der Waals surface area (Å²) in [6.07, 6.45) is 0. The molecule has 3 N–H and O–H groups in total. The lowest BCUT2D eigenvalue weighted by Crippen LogP contribution is -2.34. The maximum Gasteiger partial charge on any atom is 0.369 e. The van der Waals surface area contributed by atoms with Gasteiger partial charge in [0.2, 0.25) is 0 Å². The van der Waals surface area contributed by atoms with E-state index in [2.05, 4.69) is 0 Å². The van der Waals surface area contributed by atoms with Gasteiger partial charge in [0.05, 0.1) is 6.61 Å². The largest absolute Gasteiger partial charge is 0.494 e. The highest BCUT2D eigenvalue weighted by atomic mass is 16.5. The van der Waals surface area contributed by atoms with E-state index in [4.69, 9.17) is 9.84 Å². The fraction of sp³-hybridized carbons (Fsp3) is 0.300.